The molecule has 57 heteroatoms. The van der Waals surface area contributed by atoms with E-state index >= 15 is 4.57 Å². The van der Waals surface area contributed by atoms with E-state index in [0.29, 0.717) is 16.9 Å². The summed E-state index contributed by atoms with van der Waals surface area (Å²) < 4.78 is 148. The van der Waals surface area contributed by atoms with Crippen molar-refractivity contribution in [1.82, 2.24) is 72.7 Å². The Bertz CT molecular complexity index is 5900. The molecule has 9 unspecified atom stereocenters. The van der Waals surface area contributed by atoms with E-state index in [1.54, 1.807) is 26.8 Å². The van der Waals surface area contributed by atoms with E-state index in [4.69, 9.17) is 146 Å². The molecule has 8 aromatic rings. The van der Waals surface area contributed by atoms with Crippen molar-refractivity contribution in [2.75, 3.05) is 84.3 Å². The number of fused-ring (bicyclic) bond motifs is 9. The molecule has 0 aliphatic carbocycles. The van der Waals surface area contributed by atoms with E-state index in [1.165, 1.54) is 86.3 Å². The topological polar surface area (TPSA) is 628 Å². The number of aryl methyl sites for hydroxylation is 2. The summed E-state index contributed by atoms with van der Waals surface area (Å²) in [6.07, 6.45) is -19.4. The average molecular weight is 1850 g/mol. The Morgan fingerprint density at radius 1 is 0.521 bits per heavy atom. The number of hydrogen-bond donors (Lipinski definition) is 12. The van der Waals surface area contributed by atoms with Crippen LogP contribution in [-0.2, 0) is 133 Å². The molecule has 8 aliphatic rings. The average Bonchev–Trinajstić information content (AvgIpc) is 1.54. The van der Waals surface area contributed by atoms with Crippen molar-refractivity contribution in [3.8, 4) is 0 Å². The van der Waals surface area contributed by atoms with Gasteiger partial charge >= 0.3 is 38.3 Å². The summed E-state index contributed by atoms with van der Waals surface area (Å²) in [5.74, 6) is -0.558. The molecule has 14 N–H and O–H groups in total. The first-order valence-corrected chi connectivity index (χ1v) is 47.8. The molecule has 27 atom stereocenters. The zero-order valence-corrected chi connectivity index (χ0v) is 71.8. The minimum Gasteiger partial charge on any atom is -0.397 e. The summed E-state index contributed by atoms with van der Waals surface area (Å²) in [5.41, 5.74) is 8.74. The molecule has 8 aromatic heterocycles. The molecular weight excluding hydrogens is 1770 g/mol. The number of hydrogen-bond acceptors (Lipinski definition) is 40. The summed E-state index contributed by atoms with van der Waals surface area (Å²) in [4.78, 5) is 152. The Hall–Kier alpha value is -6.35. The van der Waals surface area contributed by atoms with E-state index in [0.717, 1.165) is 9.13 Å². The van der Waals surface area contributed by atoms with Crippen LogP contribution in [0, 0.1) is 13.8 Å². The third-order valence-corrected chi connectivity index (χ3v) is 28.7. The number of anilines is 3. The van der Waals surface area contributed by atoms with Gasteiger partial charge in [0.2, 0.25) is 11.9 Å². The first-order valence-electron chi connectivity index (χ1n) is 37.3. The lowest BCUT2D eigenvalue weighted by molar-refractivity contribution is -0.215. The molecule has 16 heterocycles. The number of ether oxygens (including phenoxy) is 12. The fourth-order valence-corrected chi connectivity index (χ4v) is 22.3. The van der Waals surface area contributed by atoms with Crippen molar-refractivity contribution >= 4 is 126 Å². The molecule has 0 spiro atoms. The summed E-state index contributed by atoms with van der Waals surface area (Å²) >= 11 is 21.8. The number of aromatic nitrogens is 15. The third kappa shape index (κ3) is 16.1. The summed E-state index contributed by atoms with van der Waals surface area (Å²) in [5, 5.41) is 11.9. The van der Waals surface area contributed by atoms with Gasteiger partial charge in [0, 0.05) is 43.9 Å². The van der Waals surface area contributed by atoms with Crippen LogP contribution in [0.2, 0.25) is 0 Å². The number of aromatic amines is 4. The van der Waals surface area contributed by atoms with Crippen LogP contribution in [0.25, 0.3) is 33.5 Å². The molecule has 0 saturated carbocycles. The molecule has 0 amide bonds. The molecule has 6 bridgehead atoms. The molecule has 0 aromatic carbocycles. The molecule has 8 saturated heterocycles. The highest BCUT2D eigenvalue weighted by atomic mass is 32.7. The number of methoxy groups -OCH3 is 2. The van der Waals surface area contributed by atoms with E-state index in [1.807, 2.05) is 0 Å². The zero-order chi connectivity index (χ0) is 86.3. The predicted molar refractivity (Wildman–Crippen MR) is 427 cm³/mol. The Labute approximate surface area is 701 Å². The lowest BCUT2D eigenvalue weighted by Crippen LogP contribution is -2.50. The van der Waals surface area contributed by atoms with Crippen LogP contribution >= 0.6 is 39.2 Å². The van der Waals surface area contributed by atoms with E-state index in [2.05, 4.69) is 62.1 Å². The molecule has 0 radical (unpaired) electrons. The highest BCUT2D eigenvalue weighted by molar-refractivity contribution is 8.44. The van der Waals surface area contributed by atoms with Crippen LogP contribution in [0.15, 0.2) is 72.4 Å². The lowest BCUT2D eigenvalue weighted by atomic mass is 9.91. The predicted octanol–water partition coefficient (Wildman–Crippen LogP) is -0.749. The lowest BCUT2D eigenvalue weighted by Gasteiger charge is -2.37. The fourth-order valence-electron chi connectivity index (χ4n) is 16.5. The molecule has 8 aliphatic heterocycles. The number of nitrogen functional groups attached to an aromatic ring is 3. The van der Waals surface area contributed by atoms with Crippen molar-refractivity contribution in [3.05, 3.63) is 117 Å². The third-order valence-electron chi connectivity index (χ3n) is 22.5. The highest BCUT2D eigenvalue weighted by Gasteiger charge is 2.71. The van der Waals surface area contributed by atoms with Gasteiger partial charge in [-0.05, 0) is 82.5 Å². The van der Waals surface area contributed by atoms with Gasteiger partial charge in [0.15, 0.2) is 59.1 Å². The van der Waals surface area contributed by atoms with Gasteiger partial charge in [0.05, 0.1) is 95.8 Å². The maximum Gasteiger partial charge on any atom is 0.386 e. The number of imidazole rings is 3. The highest BCUT2D eigenvalue weighted by Crippen LogP contribution is 2.64. The van der Waals surface area contributed by atoms with Gasteiger partial charge in [-0.2, -0.15) is 9.97 Å². The summed E-state index contributed by atoms with van der Waals surface area (Å²) in [7, 11) is 2.75. The van der Waals surface area contributed by atoms with Crippen molar-refractivity contribution in [2.45, 2.75) is 187 Å². The fraction of sp³-hybridized carbons (Fsp3) is 0.625. The minimum atomic E-state index is -5.10. The van der Waals surface area contributed by atoms with Crippen molar-refractivity contribution < 1.29 is 117 Å². The molecule has 121 heavy (non-hydrogen) atoms. The van der Waals surface area contributed by atoms with Crippen molar-refractivity contribution in [1.29, 1.82) is 0 Å². The molecular formula is C64H84N18O31P4S4. The number of nitrogens with zero attached hydrogens (tertiary/aromatic N) is 11. The van der Waals surface area contributed by atoms with E-state index < -0.39 is 226 Å². The van der Waals surface area contributed by atoms with Crippen LogP contribution in [-0.4, -0.2) is 268 Å². The number of nitrogens with two attached hydrogens (primary N) is 3. The summed E-state index contributed by atoms with van der Waals surface area (Å²) in [6, 6.07) is 1.56. The summed E-state index contributed by atoms with van der Waals surface area (Å²) in [6.45, 7) is -13.9. The zero-order valence-electron chi connectivity index (χ0n) is 64.9. The number of thiol groups is 1. The van der Waals surface area contributed by atoms with Gasteiger partial charge in [-0.3, -0.25) is 84.6 Å². The van der Waals surface area contributed by atoms with E-state index in [-0.39, 0.29) is 78.2 Å². The number of pyridine rings is 1. The first kappa shape index (κ1) is 88.1. The van der Waals surface area contributed by atoms with Crippen LogP contribution in [0.1, 0.15) is 76.4 Å². The van der Waals surface area contributed by atoms with Gasteiger partial charge in [-0.1, -0.05) is 19.2 Å². The second-order valence-electron chi connectivity index (χ2n) is 29.6. The quantitative estimate of drug-likeness (QED) is 0.0134. The van der Waals surface area contributed by atoms with Crippen LogP contribution in [0.5, 0.6) is 0 Å². The Kier molecular flexibility index (Phi) is 24.4. The number of rotatable bonds is 34. The van der Waals surface area contributed by atoms with Gasteiger partial charge in [0.1, 0.15) is 95.6 Å². The van der Waals surface area contributed by atoms with Gasteiger partial charge < -0.3 is 107 Å². The molecule has 660 valence electrons. The number of nitrogens with one attached hydrogen (secondary N) is 4. The molecule has 49 nitrogen and oxygen atoms in total. The Morgan fingerprint density at radius 2 is 0.950 bits per heavy atom. The van der Waals surface area contributed by atoms with Gasteiger partial charge in [-0.15, -0.1) is 0 Å². The monoisotopic (exact) mass is 1850 g/mol. The van der Waals surface area contributed by atoms with Gasteiger partial charge in [-0.25, -0.2) is 34.1 Å². The Morgan fingerprint density at radius 3 is 1.46 bits per heavy atom. The standard InChI is InChI=1S/C64H84N18O31P4S4/c1-9-62-27(4)103-41(56(107-62)81-23-70-34-47(81)72-58(66)74-51(34)86)44(62)112-114(90,118)98-18-31-37(39(97-15-13-95-8)54(105-31)79-17-26(3)50(85)77-61(79)89)111-117(93,121)101-21-64-29(6)104-42(57(109-64)82-24-71-35-48(82)73-59(67)75-52(35)87)45(64)113-115(91,119)99-19-32-36(38(96-14-12-94-7)53(106-32)78-16-25(2)49(84)76-60(78)88)110-116(92,120)100-20-63-28(5)102-40(43(63)83)55(108-63)80-22-69-33-30(65)10-11-68-46(33)80/h10-11,16-17,22-24,27-29,31-32,36-45,53-57,83H,9,12-15,18-21H2,1-8H3,(H2,65,68)(H,90,118)(H,91,119)(H,92,120)(H,93,121)(H,76,84,88)(H,77,85,89)(H3,66,72,74,86)(H3,67,73,75,87)/t27-,28-,29-,31+,32+,36?,37?,38-,39-,40-,41-,42-,43?,44?,45?,53+,54+,55+,56+,57+,62+,63+,64+,114?,115?,116?,117?/m0/s1. The van der Waals surface area contributed by atoms with Crippen molar-refractivity contribution in [3.63, 3.8) is 0 Å². The normalized spacial score (nSPS) is 34.4. The maximum atomic E-state index is 15.6. The molecule has 16 rings (SSSR count). The SMILES string of the molecule is CC[C@@]12O[C@@H](n3cnc4c(=O)[nH]c(N)nc43)[C@@H](O[C@H]1C)C2OP(O)(=S)OC[C@H]1O[C@@H](n2cc(C)c(=O)[nH]c2=O)[C@@H](OCCOC)C1OP(=O)(S)OC[C@@]12O[C@@H](n3cnc4c(=O)[nH]c(N)nc43)[C@@H](O[C@H]1C)C2OP(O)(=S)OC[C@H]1O[C@@H](n2cc(C)c(=O)[nH]c2=O)[C@@H](OCCOC)C1OP(O)(=S)OC[C@@]12O[C@@H](n3cnc4c(N)ccnc43)[C@@H](O[C@H]1C)C2O. The van der Waals surface area contributed by atoms with Crippen molar-refractivity contribution in [2.24, 2.45) is 0 Å². The molecule has 8 fully saturated rings. The second kappa shape index (κ2) is 33.4. The Balaban J connectivity index is 0.686. The van der Waals surface area contributed by atoms with Crippen LogP contribution < -0.4 is 50.8 Å². The second-order valence-corrected chi connectivity index (χ2v) is 40.9. The number of H-pyrrole nitrogens is 4. The smallest absolute Gasteiger partial charge is 0.386 e. The van der Waals surface area contributed by atoms with Gasteiger partial charge in [0.25, 0.3) is 22.2 Å². The first-order chi connectivity index (χ1) is 57.3. The number of aliphatic hydroxyl groups excluding tert-OH is 1. The van der Waals surface area contributed by atoms with Crippen LogP contribution in [0.3, 0.4) is 0 Å². The van der Waals surface area contributed by atoms with Crippen LogP contribution in [0.4, 0.5) is 17.6 Å². The maximum absolute atomic E-state index is 15.6. The van der Waals surface area contributed by atoms with E-state index in [9.17, 15) is 48.6 Å². The largest absolute Gasteiger partial charge is 0.397 e. The minimum absolute atomic E-state index is 0.0260. The number of aliphatic hydroxyl groups is 1.